The summed E-state index contributed by atoms with van der Waals surface area (Å²) in [6.07, 6.45) is 2.40. The van der Waals surface area contributed by atoms with Gasteiger partial charge < -0.3 is 15.7 Å². The van der Waals surface area contributed by atoms with Crippen LogP contribution in [0.25, 0.3) is 0 Å². The lowest BCUT2D eigenvalue weighted by Gasteiger charge is -2.18. The molecule has 5 nitrogen and oxygen atoms in total. The minimum atomic E-state index is -0.214. The van der Waals surface area contributed by atoms with Crippen LogP contribution >= 0.6 is 0 Å². The third-order valence-corrected chi connectivity index (χ3v) is 3.04. The van der Waals surface area contributed by atoms with Crippen LogP contribution in [0.1, 0.15) is 16.1 Å². The van der Waals surface area contributed by atoms with Crippen molar-refractivity contribution < 1.29 is 9.90 Å². The first-order valence-electron chi connectivity index (χ1n) is 6.32. The highest BCUT2D eigenvalue weighted by Crippen LogP contribution is 2.19. The molecule has 1 aromatic heterocycles. The highest BCUT2D eigenvalue weighted by Gasteiger charge is 2.15. The number of anilines is 1. The van der Waals surface area contributed by atoms with Gasteiger partial charge in [0.15, 0.2) is 0 Å². The van der Waals surface area contributed by atoms with Crippen LogP contribution in [0.5, 0.6) is 5.75 Å². The van der Waals surface area contributed by atoms with Gasteiger partial charge in [-0.1, -0.05) is 6.07 Å². The van der Waals surface area contributed by atoms with Crippen LogP contribution in [0.4, 0.5) is 5.69 Å². The standard InChI is InChI=1S/C15H17N3O2/c1-18(9-7-11-4-2-3-8-17-11)15(20)13-10-12(19)5-6-14(13)16/h2-6,8,10,19H,7,9,16H2,1H3. The molecule has 1 aromatic carbocycles. The number of pyridine rings is 1. The van der Waals surface area contributed by atoms with Gasteiger partial charge in [-0.05, 0) is 30.3 Å². The smallest absolute Gasteiger partial charge is 0.255 e. The highest BCUT2D eigenvalue weighted by atomic mass is 16.3. The average molecular weight is 271 g/mol. The van der Waals surface area contributed by atoms with E-state index in [0.717, 1.165) is 5.69 Å². The summed E-state index contributed by atoms with van der Waals surface area (Å²) in [6.45, 7) is 0.533. The number of carbonyl (C=O) groups excluding carboxylic acids is 1. The molecule has 0 radical (unpaired) electrons. The molecule has 3 N–H and O–H groups in total. The topological polar surface area (TPSA) is 79.5 Å². The fourth-order valence-electron chi connectivity index (χ4n) is 1.86. The summed E-state index contributed by atoms with van der Waals surface area (Å²) in [6, 6.07) is 10.0. The third kappa shape index (κ3) is 3.26. The number of hydrogen-bond acceptors (Lipinski definition) is 4. The summed E-state index contributed by atoms with van der Waals surface area (Å²) in [5.74, 6) is -0.185. The van der Waals surface area contributed by atoms with Crippen molar-refractivity contribution >= 4 is 11.6 Å². The lowest BCUT2D eigenvalue weighted by Crippen LogP contribution is -2.29. The molecule has 0 aliphatic rings. The van der Waals surface area contributed by atoms with E-state index >= 15 is 0 Å². The molecule has 104 valence electrons. The number of carbonyl (C=O) groups is 1. The number of aromatic hydroxyl groups is 1. The minimum absolute atomic E-state index is 0.0284. The van der Waals surface area contributed by atoms with Crippen LogP contribution in [0.15, 0.2) is 42.6 Å². The van der Waals surface area contributed by atoms with Crippen molar-refractivity contribution in [1.82, 2.24) is 9.88 Å². The maximum atomic E-state index is 12.3. The largest absolute Gasteiger partial charge is 0.508 e. The Bertz CT molecular complexity index is 599. The van der Waals surface area contributed by atoms with E-state index in [2.05, 4.69) is 4.98 Å². The van der Waals surface area contributed by atoms with Gasteiger partial charge in [0.25, 0.3) is 5.91 Å². The molecule has 2 aromatic rings. The van der Waals surface area contributed by atoms with Crippen molar-refractivity contribution in [2.45, 2.75) is 6.42 Å². The Labute approximate surface area is 117 Å². The second-order valence-electron chi connectivity index (χ2n) is 4.57. The van der Waals surface area contributed by atoms with Crippen molar-refractivity contribution in [3.8, 4) is 5.75 Å². The Hall–Kier alpha value is -2.56. The van der Waals surface area contributed by atoms with Crippen LogP contribution in [0, 0.1) is 0 Å². The Morgan fingerprint density at radius 3 is 2.85 bits per heavy atom. The van der Waals surface area contributed by atoms with E-state index in [1.807, 2.05) is 18.2 Å². The number of nitrogen functional groups attached to an aromatic ring is 1. The van der Waals surface area contributed by atoms with E-state index in [4.69, 9.17) is 5.73 Å². The van der Waals surface area contributed by atoms with E-state index in [0.29, 0.717) is 24.2 Å². The summed E-state index contributed by atoms with van der Waals surface area (Å²) < 4.78 is 0. The van der Waals surface area contributed by atoms with Crippen molar-refractivity contribution in [3.63, 3.8) is 0 Å². The van der Waals surface area contributed by atoms with Gasteiger partial charge in [0.2, 0.25) is 0 Å². The van der Waals surface area contributed by atoms with Crippen molar-refractivity contribution in [3.05, 3.63) is 53.9 Å². The molecule has 1 heterocycles. The molecule has 0 aliphatic heterocycles. The molecule has 20 heavy (non-hydrogen) atoms. The lowest BCUT2D eigenvalue weighted by molar-refractivity contribution is 0.0797. The zero-order chi connectivity index (χ0) is 14.5. The maximum Gasteiger partial charge on any atom is 0.255 e. The monoisotopic (exact) mass is 271 g/mol. The molecule has 1 amide bonds. The van der Waals surface area contributed by atoms with Gasteiger partial charge in [0.1, 0.15) is 5.75 Å². The molecular formula is C15H17N3O2. The van der Waals surface area contributed by atoms with Gasteiger partial charge in [-0.3, -0.25) is 9.78 Å². The molecule has 0 unspecified atom stereocenters. The van der Waals surface area contributed by atoms with Crippen LogP contribution in [0.3, 0.4) is 0 Å². The van der Waals surface area contributed by atoms with E-state index in [9.17, 15) is 9.90 Å². The summed E-state index contributed by atoms with van der Waals surface area (Å²) in [5.41, 5.74) is 7.36. The number of hydrogen-bond donors (Lipinski definition) is 2. The number of phenolic OH excluding ortho intramolecular Hbond substituents is 1. The number of nitrogens with two attached hydrogens (primary N) is 1. The van der Waals surface area contributed by atoms with Crippen LogP contribution in [-0.2, 0) is 6.42 Å². The molecule has 2 rings (SSSR count). The van der Waals surface area contributed by atoms with Gasteiger partial charge in [-0.25, -0.2) is 0 Å². The molecule has 0 saturated carbocycles. The summed E-state index contributed by atoms with van der Waals surface area (Å²) >= 11 is 0. The van der Waals surface area contributed by atoms with Crippen LogP contribution in [-0.4, -0.2) is 34.5 Å². The predicted octanol–water partition coefficient (Wildman–Crippen LogP) is 1.68. The highest BCUT2D eigenvalue weighted by molar-refractivity contribution is 5.99. The molecule has 5 heteroatoms. The molecule has 0 saturated heterocycles. The Morgan fingerprint density at radius 1 is 1.35 bits per heavy atom. The van der Waals surface area contributed by atoms with Crippen molar-refractivity contribution in [2.24, 2.45) is 0 Å². The van der Waals surface area contributed by atoms with Gasteiger partial charge in [-0.2, -0.15) is 0 Å². The second kappa shape index (κ2) is 6.06. The molecular weight excluding hydrogens is 254 g/mol. The van der Waals surface area contributed by atoms with E-state index < -0.39 is 0 Å². The zero-order valence-corrected chi connectivity index (χ0v) is 11.3. The van der Waals surface area contributed by atoms with Crippen molar-refractivity contribution in [2.75, 3.05) is 19.3 Å². The summed E-state index contributed by atoms with van der Waals surface area (Å²) in [7, 11) is 1.70. The van der Waals surface area contributed by atoms with Gasteiger partial charge in [0.05, 0.1) is 5.56 Å². The Balaban J connectivity index is 2.03. The number of rotatable bonds is 4. The summed E-state index contributed by atoms with van der Waals surface area (Å²) in [4.78, 5) is 18.0. The second-order valence-corrected chi connectivity index (χ2v) is 4.57. The van der Waals surface area contributed by atoms with Crippen LogP contribution in [0.2, 0.25) is 0 Å². The van der Waals surface area contributed by atoms with Gasteiger partial charge >= 0.3 is 0 Å². The predicted molar refractivity (Wildman–Crippen MR) is 77.4 cm³/mol. The first-order chi connectivity index (χ1) is 9.58. The zero-order valence-electron chi connectivity index (χ0n) is 11.3. The maximum absolute atomic E-state index is 12.3. The molecule has 0 atom stereocenters. The number of likely N-dealkylation sites (N-methyl/N-ethyl adjacent to an activating group) is 1. The third-order valence-electron chi connectivity index (χ3n) is 3.04. The quantitative estimate of drug-likeness (QED) is 0.655. The normalized spacial score (nSPS) is 10.2. The molecule has 0 fully saturated rings. The minimum Gasteiger partial charge on any atom is -0.508 e. The van der Waals surface area contributed by atoms with Gasteiger partial charge in [0, 0.05) is 37.6 Å². The number of aromatic nitrogens is 1. The van der Waals surface area contributed by atoms with Crippen LogP contribution < -0.4 is 5.73 Å². The fourth-order valence-corrected chi connectivity index (χ4v) is 1.86. The number of amides is 1. The first kappa shape index (κ1) is 13.9. The first-order valence-corrected chi connectivity index (χ1v) is 6.32. The number of nitrogens with zero attached hydrogens (tertiary/aromatic N) is 2. The van der Waals surface area contributed by atoms with Crippen molar-refractivity contribution in [1.29, 1.82) is 0 Å². The van der Waals surface area contributed by atoms with E-state index in [-0.39, 0.29) is 11.7 Å². The summed E-state index contributed by atoms with van der Waals surface area (Å²) in [5, 5.41) is 9.44. The van der Waals surface area contributed by atoms with E-state index in [1.165, 1.54) is 18.2 Å². The Morgan fingerprint density at radius 2 is 2.15 bits per heavy atom. The number of benzene rings is 1. The SMILES string of the molecule is CN(CCc1ccccn1)C(=O)c1cc(O)ccc1N. The fraction of sp³-hybridized carbons (Fsp3) is 0.200. The molecule has 0 aliphatic carbocycles. The number of phenols is 1. The average Bonchev–Trinajstić information content (AvgIpc) is 2.47. The Kier molecular flexibility index (Phi) is 4.20. The van der Waals surface area contributed by atoms with Gasteiger partial charge in [-0.15, -0.1) is 0 Å². The molecule has 0 bridgehead atoms. The lowest BCUT2D eigenvalue weighted by atomic mass is 10.1. The molecule has 0 spiro atoms. The van der Waals surface area contributed by atoms with E-state index in [1.54, 1.807) is 18.1 Å².